The molecule has 0 aromatic carbocycles. The maximum absolute atomic E-state index is 11.7. The summed E-state index contributed by atoms with van der Waals surface area (Å²) in [5.41, 5.74) is 6.55. The highest BCUT2D eigenvalue weighted by molar-refractivity contribution is 8.06. The number of aliphatic hydroxyl groups is 1. The Hall–Kier alpha value is -1.24. The van der Waals surface area contributed by atoms with E-state index in [-0.39, 0.29) is 12.4 Å². The Morgan fingerprint density at radius 3 is 2.62 bits per heavy atom. The van der Waals surface area contributed by atoms with Gasteiger partial charge in [0.05, 0.1) is 32.6 Å². The molecule has 0 radical (unpaired) electrons. The molecule has 2 fully saturated rings. The molecule has 2 aliphatic rings. The maximum Gasteiger partial charge on any atom is 0.167 e. The Kier molecular flexibility index (Phi) is 7.18. The van der Waals surface area contributed by atoms with Crippen LogP contribution in [0.15, 0.2) is 12.7 Å². The van der Waals surface area contributed by atoms with Gasteiger partial charge in [-0.25, -0.2) is 15.0 Å². The first kappa shape index (κ1) is 22.4. The molecular formula is C16H27N6O5PS. The molecule has 11 nitrogen and oxygen atoms in total. The minimum Gasteiger partial charge on any atom is -0.780 e. The number of fused-ring (bicyclic) bond motifs is 2. The summed E-state index contributed by atoms with van der Waals surface area (Å²) in [5.74, 6) is 0.225. The lowest BCUT2D eigenvalue weighted by atomic mass is 10.1. The summed E-state index contributed by atoms with van der Waals surface area (Å²) in [7, 11) is 0. The molecular weight excluding hydrogens is 419 g/mol. The highest BCUT2D eigenvalue weighted by Gasteiger charge is 2.49. The zero-order valence-corrected chi connectivity index (χ0v) is 18.3. The lowest BCUT2D eigenvalue weighted by molar-refractivity contribution is -0.894. The predicted molar refractivity (Wildman–Crippen MR) is 107 cm³/mol. The van der Waals surface area contributed by atoms with E-state index in [9.17, 15) is 10.00 Å². The molecule has 29 heavy (non-hydrogen) atoms. The van der Waals surface area contributed by atoms with Gasteiger partial charge in [-0.05, 0) is 20.8 Å². The molecule has 0 aliphatic carbocycles. The third-order valence-electron chi connectivity index (χ3n) is 5.12. The van der Waals surface area contributed by atoms with Gasteiger partial charge in [0.2, 0.25) is 0 Å². The summed E-state index contributed by atoms with van der Waals surface area (Å²) in [6.07, 6.45) is -0.610. The molecule has 4 rings (SSSR count). The molecule has 2 aromatic rings. The Morgan fingerprint density at radius 2 is 2.00 bits per heavy atom. The summed E-state index contributed by atoms with van der Waals surface area (Å²) < 4.78 is 17.3. The normalized spacial score (nSPS) is 31.5. The third-order valence-corrected chi connectivity index (χ3v) is 6.66. The van der Waals surface area contributed by atoms with Crippen molar-refractivity contribution in [3.8, 4) is 0 Å². The second-order valence-electron chi connectivity index (χ2n) is 6.76. The number of anilines is 1. The number of nitrogens with two attached hydrogens (primary N) is 1. The van der Waals surface area contributed by atoms with Gasteiger partial charge in [0.1, 0.15) is 36.9 Å². The van der Waals surface area contributed by atoms with Gasteiger partial charge in [-0.3, -0.25) is 4.57 Å². The van der Waals surface area contributed by atoms with E-state index in [0.717, 1.165) is 0 Å². The smallest absolute Gasteiger partial charge is 0.167 e. The van der Waals surface area contributed by atoms with Crippen molar-refractivity contribution < 1.29 is 28.7 Å². The first-order chi connectivity index (χ1) is 13.8. The van der Waals surface area contributed by atoms with Gasteiger partial charge in [-0.15, -0.1) is 0 Å². The molecule has 0 saturated carbocycles. The van der Waals surface area contributed by atoms with Gasteiger partial charge < -0.3 is 34.4 Å². The van der Waals surface area contributed by atoms with Crippen LogP contribution in [0.25, 0.3) is 11.2 Å². The maximum atomic E-state index is 11.7. The van der Waals surface area contributed by atoms with E-state index in [1.54, 1.807) is 4.90 Å². The molecule has 4 N–H and O–H groups in total. The van der Waals surface area contributed by atoms with Gasteiger partial charge in [-0.2, -0.15) is 0 Å². The van der Waals surface area contributed by atoms with Crippen LogP contribution in [0.1, 0.15) is 27.0 Å². The van der Waals surface area contributed by atoms with Crippen molar-refractivity contribution in [2.24, 2.45) is 0 Å². The molecule has 5 atom stereocenters. The molecule has 2 saturated heterocycles. The summed E-state index contributed by atoms with van der Waals surface area (Å²) in [5, 5.41) is 10.4. The summed E-state index contributed by atoms with van der Waals surface area (Å²) >= 11 is 4.69. The highest BCUT2D eigenvalue weighted by atomic mass is 32.5. The number of quaternary nitrogens is 1. The predicted octanol–water partition coefficient (Wildman–Crippen LogP) is -1.40. The monoisotopic (exact) mass is 446 g/mol. The van der Waals surface area contributed by atoms with E-state index in [0.29, 0.717) is 11.2 Å². The Labute approximate surface area is 174 Å². The van der Waals surface area contributed by atoms with Crippen LogP contribution in [0.2, 0.25) is 0 Å². The van der Waals surface area contributed by atoms with Crippen LogP contribution < -0.4 is 15.5 Å². The van der Waals surface area contributed by atoms with Gasteiger partial charge in [0.15, 0.2) is 17.7 Å². The molecule has 4 heterocycles. The van der Waals surface area contributed by atoms with Crippen LogP contribution in [-0.4, -0.2) is 69.2 Å². The number of nitrogens with one attached hydrogen (secondary N) is 1. The van der Waals surface area contributed by atoms with E-state index >= 15 is 0 Å². The second kappa shape index (κ2) is 9.27. The van der Waals surface area contributed by atoms with E-state index in [2.05, 4.69) is 35.7 Å². The minimum atomic E-state index is -3.58. The number of rotatable bonds is 4. The van der Waals surface area contributed by atoms with E-state index in [1.807, 2.05) is 0 Å². The fourth-order valence-corrected chi connectivity index (χ4v) is 4.79. The first-order valence-corrected chi connectivity index (χ1v) is 12.1. The standard InChI is InChI=1S/C10H12N5O5PS.C6H15N/c11-8-5-9(13-2-12-8)15(3-14-5)10-6(16)7-4(19-10)1-18-21(17,22)20-7;1-4-7(5-2)6-3/h2-4,6-7,10,16H,1H2,(H,17,22)(H2,11,12,13);4-6H2,1-3H3/t4-,6+,7-,10-,21?;/m1./s1. The number of nitrogen functional groups attached to an aromatic ring is 1. The average molecular weight is 446 g/mol. The lowest BCUT2D eigenvalue weighted by Crippen LogP contribution is -3.11. The van der Waals surface area contributed by atoms with Crippen LogP contribution >= 0.6 is 6.72 Å². The minimum absolute atomic E-state index is 0.0112. The van der Waals surface area contributed by atoms with Crippen molar-refractivity contribution in [3.05, 3.63) is 12.7 Å². The molecule has 162 valence electrons. The summed E-state index contributed by atoms with van der Waals surface area (Å²) in [4.78, 5) is 25.5. The van der Waals surface area contributed by atoms with E-state index in [1.165, 1.54) is 36.9 Å². The van der Waals surface area contributed by atoms with Crippen molar-refractivity contribution in [3.63, 3.8) is 0 Å². The van der Waals surface area contributed by atoms with Crippen molar-refractivity contribution in [2.75, 3.05) is 32.0 Å². The van der Waals surface area contributed by atoms with Crippen LogP contribution in [0.5, 0.6) is 0 Å². The largest absolute Gasteiger partial charge is 0.780 e. The van der Waals surface area contributed by atoms with Crippen LogP contribution in [0.4, 0.5) is 5.82 Å². The molecule has 0 amide bonds. The Bertz CT molecular complexity index is 875. The fraction of sp³-hybridized carbons (Fsp3) is 0.688. The molecule has 0 bridgehead atoms. The number of ether oxygens (including phenoxy) is 1. The van der Waals surface area contributed by atoms with Gasteiger partial charge in [0, 0.05) is 0 Å². The number of aliphatic hydroxyl groups excluding tert-OH is 1. The number of nitrogens with zero attached hydrogens (tertiary/aromatic N) is 4. The van der Waals surface area contributed by atoms with Crippen molar-refractivity contribution in [1.29, 1.82) is 0 Å². The van der Waals surface area contributed by atoms with Gasteiger partial charge in [0.25, 0.3) is 0 Å². The SMILES string of the molecule is CC[NH+](CC)CC.Nc1ncnc2c1ncn2[C@@H]1O[C@@H]2COP([O-])(=S)O[C@H]2[C@@H]1O. The van der Waals surface area contributed by atoms with Gasteiger partial charge >= 0.3 is 0 Å². The van der Waals surface area contributed by atoms with Crippen molar-refractivity contribution in [1.82, 2.24) is 19.5 Å². The van der Waals surface area contributed by atoms with Crippen LogP contribution in [0.3, 0.4) is 0 Å². The average Bonchev–Trinajstić information content (AvgIpc) is 3.25. The zero-order valence-electron chi connectivity index (χ0n) is 16.6. The number of hydrogen-bond acceptors (Lipinski definition) is 10. The van der Waals surface area contributed by atoms with Crippen LogP contribution in [-0.2, 0) is 25.6 Å². The Morgan fingerprint density at radius 1 is 1.31 bits per heavy atom. The molecule has 0 spiro atoms. The third kappa shape index (κ3) is 4.75. The molecule has 2 aromatic heterocycles. The molecule has 2 aliphatic heterocycles. The van der Waals surface area contributed by atoms with E-state index < -0.39 is 31.3 Å². The summed E-state index contributed by atoms with van der Waals surface area (Å²) in [6.45, 7) is 6.89. The summed E-state index contributed by atoms with van der Waals surface area (Å²) in [6, 6.07) is 0. The quantitative estimate of drug-likeness (QED) is 0.479. The fourth-order valence-electron chi connectivity index (χ4n) is 3.36. The van der Waals surface area contributed by atoms with E-state index in [4.69, 9.17) is 31.3 Å². The van der Waals surface area contributed by atoms with Crippen molar-refractivity contribution >= 4 is 35.5 Å². The number of imidazole rings is 1. The van der Waals surface area contributed by atoms with Gasteiger partial charge in [-0.1, -0.05) is 11.8 Å². The zero-order chi connectivity index (χ0) is 21.2. The topological polar surface area (TPSA) is 145 Å². The molecule has 13 heteroatoms. The highest BCUT2D eigenvalue weighted by Crippen LogP contribution is 2.49. The Balaban J connectivity index is 0.000000298. The molecule has 1 unspecified atom stereocenters. The van der Waals surface area contributed by atoms with Crippen LogP contribution in [0, 0.1) is 0 Å². The first-order valence-electron chi connectivity index (χ1n) is 9.55. The second-order valence-corrected chi connectivity index (χ2v) is 9.47. The van der Waals surface area contributed by atoms with Crippen molar-refractivity contribution in [2.45, 2.75) is 45.3 Å². The lowest BCUT2D eigenvalue weighted by Gasteiger charge is -2.38. The number of aromatic nitrogens is 4. The number of hydrogen-bond donors (Lipinski definition) is 3.